The van der Waals surface area contributed by atoms with Crippen LogP contribution in [0.15, 0.2) is 47.6 Å². The predicted molar refractivity (Wildman–Crippen MR) is 101 cm³/mol. The van der Waals surface area contributed by atoms with Gasteiger partial charge in [0.1, 0.15) is 0 Å². The molecule has 0 amide bonds. The summed E-state index contributed by atoms with van der Waals surface area (Å²) in [7, 11) is 0. The summed E-state index contributed by atoms with van der Waals surface area (Å²) < 4.78 is 0. The number of benzene rings is 2. The predicted octanol–water partition coefficient (Wildman–Crippen LogP) is 3.92. The van der Waals surface area contributed by atoms with Crippen LogP contribution in [0.3, 0.4) is 0 Å². The number of rotatable bonds is 4. The van der Waals surface area contributed by atoms with E-state index in [1.54, 1.807) is 25.1 Å². The first kappa shape index (κ1) is 17.6. The van der Waals surface area contributed by atoms with Gasteiger partial charge in [-0.05, 0) is 50.2 Å². The van der Waals surface area contributed by atoms with Crippen molar-refractivity contribution in [3.05, 3.63) is 69.3 Å². The van der Waals surface area contributed by atoms with Gasteiger partial charge in [0, 0.05) is 11.8 Å². The highest BCUT2D eigenvalue weighted by Gasteiger charge is 2.14. The molecule has 0 aliphatic rings. The van der Waals surface area contributed by atoms with Gasteiger partial charge < -0.3 is 5.32 Å². The number of anilines is 1. The summed E-state index contributed by atoms with van der Waals surface area (Å²) in [5.74, 6) is 0. The number of aryl methyl sites for hydroxylation is 2. The fourth-order valence-corrected chi connectivity index (χ4v) is 2.43. The summed E-state index contributed by atoms with van der Waals surface area (Å²) in [5.41, 5.74) is 6.73. The molecule has 0 fully saturated rings. The Kier molecular flexibility index (Phi) is 5.59. The maximum atomic E-state index is 11.1. The SMILES string of the molecule is C/C(=N/NC(=S)Nc1c(C)cccc1C)c1ccccc1[N+](=O)[O-]. The number of nitro benzene ring substituents is 1. The molecule has 0 heterocycles. The molecule has 0 atom stereocenters. The molecule has 2 aromatic carbocycles. The smallest absolute Gasteiger partial charge is 0.278 e. The fourth-order valence-electron chi connectivity index (χ4n) is 2.29. The molecule has 7 heteroatoms. The number of nitro groups is 1. The summed E-state index contributed by atoms with van der Waals surface area (Å²) >= 11 is 5.24. The van der Waals surface area contributed by atoms with Crippen molar-refractivity contribution in [2.45, 2.75) is 20.8 Å². The lowest BCUT2D eigenvalue weighted by atomic mass is 10.1. The number of thiocarbonyl (C=S) groups is 1. The van der Waals surface area contributed by atoms with Gasteiger partial charge in [-0.3, -0.25) is 15.5 Å². The molecular formula is C17H18N4O2S. The molecule has 0 aromatic heterocycles. The van der Waals surface area contributed by atoms with Crippen LogP contribution in [-0.4, -0.2) is 15.7 Å². The van der Waals surface area contributed by atoms with Gasteiger partial charge in [0.05, 0.1) is 16.2 Å². The average molecular weight is 342 g/mol. The van der Waals surface area contributed by atoms with E-state index in [1.165, 1.54) is 6.07 Å². The van der Waals surface area contributed by atoms with Gasteiger partial charge in [-0.2, -0.15) is 5.10 Å². The van der Waals surface area contributed by atoms with Crippen LogP contribution in [0.2, 0.25) is 0 Å². The summed E-state index contributed by atoms with van der Waals surface area (Å²) in [6, 6.07) is 12.4. The molecule has 0 aliphatic carbocycles. The van der Waals surface area contributed by atoms with Gasteiger partial charge in [-0.15, -0.1) is 0 Å². The van der Waals surface area contributed by atoms with Gasteiger partial charge >= 0.3 is 0 Å². The molecule has 6 nitrogen and oxygen atoms in total. The van der Waals surface area contributed by atoms with E-state index >= 15 is 0 Å². The first-order valence-corrected chi connectivity index (χ1v) is 7.72. The van der Waals surface area contributed by atoms with E-state index in [0.717, 1.165) is 16.8 Å². The molecule has 0 saturated heterocycles. The minimum absolute atomic E-state index is 0.00850. The zero-order chi connectivity index (χ0) is 17.7. The van der Waals surface area contributed by atoms with Gasteiger partial charge in [0.15, 0.2) is 5.11 Å². The van der Waals surface area contributed by atoms with Crippen LogP contribution in [0.1, 0.15) is 23.6 Å². The van der Waals surface area contributed by atoms with Crippen LogP contribution in [-0.2, 0) is 0 Å². The highest BCUT2D eigenvalue weighted by molar-refractivity contribution is 7.80. The van der Waals surface area contributed by atoms with Gasteiger partial charge in [0.25, 0.3) is 5.69 Å². The zero-order valence-electron chi connectivity index (χ0n) is 13.7. The van der Waals surface area contributed by atoms with Crippen molar-refractivity contribution < 1.29 is 4.92 Å². The summed E-state index contributed by atoms with van der Waals surface area (Å²) in [5, 5.41) is 18.7. The summed E-state index contributed by atoms with van der Waals surface area (Å²) in [6.07, 6.45) is 0. The molecule has 2 rings (SSSR count). The Bertz CT molecular complexity index is 798. The first-order chi connectivity index (χ1) is 11.4. The number of para-hydroxylation sites is 2. The number of nitrogens with zero attached hydrogens (tertiary/aromatic N) is 2. The molecule has 0 saturated carbocycles. The number of nitrogens with one attached hydrogen (secondary N) is 2. The monoisotopic (exact) mass is 342 g/mol. The van der Waals surface area contributed by atoms with Crippen molar-refractivity contribution in [2.24, 2.45) is 5.10 Å². The van der Waals surface area contributed by atoms with E-state index in [-0.39, 0.29) is 5.69 Å². The van der Waals surface area contributed by atoms with Gasteiger partial charge in [-0.25, -0.2) is 0 Å². The van der Waals surface area contributed by atoms with Crippen molar-refractivity contribution in [3.8, 4) is 0 Å². The lowest BCUT2D eigenvalue weighted by molar-refractivity contribution is -0.385. The van der Waals surface area contributed by atoms with Crippen LogP contribution in [0.5, 0.6) is 0 Å². The number of hydrogen-bond acceptors (Lipinski definition) is 4. The quantitative estimate of drug-likeness (QED) is 0.381. The average Bonchev–Trinajstić information content (AvgIpc) is 2.56. The molecule has 2 aromatic rings. The van der Waals surface area contributed by atoms with Gasteiger partial charge in [-0.1, -0.05) is 30.3 Å². The Morgan fingerprint density at radius 3 is 2.38 bits per heavy atom. The van der Waals surface area contributed by atoms with Crippen molar-refractivity contribution in [3.63, 3.8) is 0 Å². The minimum atomic E-state index is -0.429. The van der Waals surface area contributed by atoms with Gasteiger partial charge in [0.2, 0.25) is 0 Å². The first-order valence-electron chi connectivity index (χ1n) is 7.31. The fraction of sp³-hybridized carbons (Fsp3) is 0.176. The maximum Gasteiger partial charge on any atom is 0.278 e. The Morgan fingerprint density at radius 2 is 1.75 bits per heavy atom. The Hall–Kier alpha value is -2.80. The second kappa shape index (κ2) is 7.65. The van der Waals surface area contributed by atoms with Crippen LogP contribution in [0.4, 0.5) is 11.4 Å². The third kappa shape index (κ3) is 4.14. The van der Waals surface area contributed by atoms with Crippen LogP contribution in [0.25, 0.3) is 0 Å². The van der Waals surface area contributed by atoms with Crippen molar-refractivity contribution >= 4 is 34.4 Å². The molecule has 124 valence electrons. The number of hydrogen-bond donors (Lipinski definition) is 2. The van der Waals surface area contributed by atoms with E-state index in [1.807, 2.05) is 32.0 Å². The van der Waals surface area contributed by atoms with E-state index in [9.17, 15) is 10.1 Å². The molecule has 0 aliphatic heterocycles. The van der Waals surface area contributed by atoms with E-state index in [4.69, 9.17) is 12.2 Å². The van der Waals surface area contributed by atoms with Crippen LogP contribution in [0, 0.1) is 24.0 Å². The molecule has 0 bridgehead atoms. The van der Waals surface area contributed by atoms with Crippen LogP contribution < -0.4 is 10.7 Å². The molecule has 0 radical (unpaired) electrons. The molecule has 2 N–H and O–H groups in total. The van der Waals surface area contributed by atoms with Crippen molar-refractivity contribution in [2.75, 3.05) is 5.32 Å². The highest BCUT2D eigenvalue weighted by Crippen LogP contribution is 2.20. The molecule has 0 unspecified atom stereocenters. The third-order valence-corrected chi connectivity index (χ3v) is 3.73. The maximum absolute atomic E-state index is 11.1. The van der Waals surface area contributed by atoms with E-state index < -0.39 is 4.92 Å². The second-order valence-corrected chi connectivity index (χ2v) is 5.71. The third-order valence-electron chi connectivity index (χ3n) is 3.54. The van der Waals surface area contributed by atoms with Crippen molar-refractivity contribution in [1.82, 2.24) is 5.43 Å². The summed E-state index contributed by atoms with van der Waals surface area (Å²) in [4.78, 5) is 10.6. The van der Waals surface area contributed by atoms with Crippen LogP contribution >= 0.6 is 12.2 Å². The summed E-state index contributed by atoms with van der Waals surface area (Å²) in [6.45, 7) is 5.66. The molecule has 0 spiro atoms. The second-order valence-electron chi connectivity index (χ2n) is 5.30. The standard InChI is InChI=1S/C17H18N4O2S/c1-11-7-6-8-12(2)16(11)18-17(24)20-19-13(3)14-9-4-5-10-15(14)21(22)23/h4-10H,1-3H3,(H2,18,20,24)/b19-13-. The molecular weight excluding hydrogens is 324 g/mol. The minimum Gasteiger partial charge on any atom is -0.331 e. The number of hydrazone groups is 1. The topological polar surface area (TPSA) is 79.6 Å². The largest absolute Gasteiger partial charge is 0.331 e. The highest BCUT2D eigenvalue weighted by atomic mass is 32.1. The lowest BCUT2D eigenvalue weighted by Gasteiger charge is -2.13. The lowest BCUT2D eigenvalue weighted by Crippen LogP contribution is -2.25. The normalized spacial score (nSPS) is 11.0. The Balaban J connectivity index is 2.13. The molecule has 24 heavy (non-hydrogen) atoms. The van der Waals surface area contributed by atoms with E-state index in [0.29, 0.717) is 16.4 Å². The zero-order valence-corrected chi connectivity index (χ0v) is 14.5. The van der Waals surface area contributed by atoms with E-state index in [2.05, 4.69) is 15.8 Å². The van der Waals surface area contributed by atoms with Crippen molar-refractivity contribution in [1.29, 1.82) is 0 Å². The Labute approximate surface area is 145 Å². The Morgan fingerprint density at radius 1 is 1.12 bits per heavy atom.